The maximum atomic E-state index is 14.1. The molecule has 3 aromatic rings. The van der Waals surface area contributed by atoms with Crippen molar-refractivity contribution >= 4 is 26.7 Å². The van der Waals surface area contributed by atoms with Gasteiger partial charge in [-0.3, -0.25) is 4.79 Å². The average Bonchev–Trinajstić information content (AvgIpc) is 3.32. The smallest absolute Gasteiger partial charge is 0.246 e. The van der Waals surface area contributed by atoms with Gasteiger partial charge in [0, 0.05) is 46.2 Å². The van der Waals surface area contributed by atoms with Crippen LogP contribution < -0.4 is 4.74 Å². The lowest BCUT2D eigenvalue weighted by atomic mass is 9.71. The van der Waals surface area contributed by atoms with Crippen LogP contribution in [0.4, 0.5) is 0 Å². The number of sulfonamides is 1. The highest BCUT2D eigenvalue weighted by molar-refractivity contribution is 7.89. The Balaban J connectivity index is 1.72. The van der Waals surface area contributed by atoms with E-state index in [0.717, 1.165) is 53.4 Å². The fourth-order valence-corrected chi connectivity index (χ4v) is 7.37. The maximum Gasteiger partial charge on any atom is 0.246 e. The maximum absolute atomic E-state index is 14.1. The number of fused-ring (bicyclic) bond motifs is 4. The minimum Gasteiger partial charge on any atom is -0.489 e. The van der Waals surface area contributed by atoms with Gasteiger partial charge in [0.1, 0.15) is 10.6 Å². The minimum atomic E-state index is -3.93. The Hall–Kier alpha value is -3.12. The van der Waals surface area contributed by atoms with E-state index in [-0.39, 0.29) is 29.9 Å². The third-order valence-electron chi connectivity index (χ3n) is 7.92. The van der Waals surface area contributed by atoms with Crippen molar-refractivity contribution in [1.82, 2.24) is 9.29 Å². The summed E-state index contributed by atoms with van der Waals surface area (Å²) in [5.74, 6) is 2.75. The van der Waals surface area contributed by atoms with Gasteiger partial charge in [-0.15, -0.1) is 6.42 Å². The number of benzene rings is 2. The van der Waals surface area contributed by atoms with E-state index in [4.69, 9.17) is 15.9 Å². The fourth-order valence-electron chi connectivity index (χ4n) is 5.83. The molecule has 8 heteroatoms. The van der Waals surface area contributed by atoms with Crippen LogP contribution >= 0.6 is 0 Å². The van der Waals surface area contributed by atoms with Crippen molar-refractivity contribution in [3.05, 3.63) is 58.3 Å². The molecule has 2 heterocycles. The Bertz CT molecular complexity index is 1570. The zero-order valence-corrected chi connectivity index (χ0v) is 23.9. The number of carbonyl (C=O) groups is 1. The molecular formula is C31H36N2O5S. The summed E-state index contributed by atoms with van der Waals surface area (Å²) in [5, 5.41) is 0.775. The van der Waals surface area contributed by atoms with Crippen LogP contribution in [0.25, 0.3) is 10.9 Å². The number of aromatic amines is 1. The van der Waals surface area contributed by atoms with E-state index >= 15 is 0 Å². The predicted molar refractivity (Wildman–Crippen MR) is 152 cm³/mol. The first-order valence-electron chi connectivity index (χ1n) is 13.7. The number of ether oxygens (including phenoxy) is 2. The van der Waals surface area contributed by atoms with E-state index in [1.54, 1.807) is 12.1 Å². The molecule has 0 amide bonds. The molecule has 2 aromatic carbocycles. The minimum absolute atomic E-state index is 0.0439. The van der Waals surface area contributed by atoms with Crippen LogP contribution in [0.3, 0.4) is 0 Å². The third-order valence-corrected chi connectivity index (χ3v) is 9.84. The van der Waals surface area contributed by atoms with E-state index in [2.05, 4.69) is 24.8 Å². The summed E-state index contributed by atoms with van der Waals surface area (Å²) < 4.78 is 41.3. The standard InChI is InChI=1S/C31H36N2O5S/c1-6-9-21(10-7-2)38-26-19-24-23(18-27(26)39(35,36)33-13-15-37-16-14-33)29(34)28-22-12-11-20(8-3)17-25(22)32-30(28)31(24,4)5/h3,11-12,17-19,21,32H,6-7,9-10,13-16H2,1-2,4-5H3. The number of hydrogen-bond acceptors (Lipinski definition) is 5. The molecule has 1 N–H and O–H groups in total. The number of terminal acetylenes is 1. The van der Waals surface area contributed by atoms with Crippen molar-refractivity contribution in [2.45, 2.75) is 69.8 Å². The quantitative estimate of drug-likeness (QED) is 0.382. The van der Waals surface area contributed by atoms with Gasteiger partial charge in [0.25, 0.3) is 0 Å². The van der Waals surface area contributed by atoms with Gasteiger partial charge in [0.2, 0.25) is 10.0 Å². The number of nitrogens with one attached hydrogen (secondary N) is 1. The molecule has 7 nitrogen and oxygen atoms in total. The number of H-pyrrole nitrogens is 1. The second-order valence-corrected chi connectivity index (χ2v) is 12.8. The van der Waals surface area contributed by atoms with Gasteiger partial charge in [-0.25, -0.2) is 8.42 Å². The molecule has 1 fully saturated rings. The number of morpholine rings is 1. The number of carbonyl (C=O) groups excluding carboxylic acids is 1. The first-order valence-corrected chi connectivity index (χ1v) is 15.2. The lowest BCUT2D eigenvalue weighted by molar-refractivity contribution is 0.0728. The molecule has 1 aliphatic carbocycles. The summed E-state index contributed by atoms with van der Waals surface area (Å²) in [7, 11) is -3.93. The van der Waals surface area contributed by atoms with Crippen molar-refractivity contribution in [2.75, 3.05) is 26.3 Å². The predicted octanol–water partition coefficient (Wildman–Crippen LogP) is 5.39. The van der Waals surface area contributed by atoms with Gasteiger partial charge in [0.15, 0.2) is 5.78 Å². The number of rotatable bonds is 8. The van der Waals surface area contributed by atoms with Crippen LogP contribution in [-0.2, 0) is 20.2 Å². The van der Waals surface area contributed by atoms with Crippen LogP contribution in [0.5, 0.6) is 5.75 Å². The van der Waals surface area contributed by atoms with Gasteiger partial charge in [-0.05, 0) is 42.7 Å². The molecule has 39 heavy (non-hydrogen) atoms. The van der Waals surface area contributed by atoms with E-state index in [1.165, 1.54) is 4.31 Å². The SMILES string of the molecule is C#Cc1ccc2c3c([nH]c2c1)C(C)(C)c1cc(OC(CCC)CCC)c(S(=O)(=O)N2CCOCC2)cc1C3=O. The van der Waals surface area contributed by atoms with E-state index in [1.807, 2.05) is 32.0 Å². The van der Waals surface area contributed by atoms with Crippen molar-refractivity contribution in [1.29, 1.82) is 0 Å². The van der Waals surface area contributed by atoms with Crippen LogP contribution in [0, 0.1) is 12.3 Å². The molecule has 0 bridgehead atoms. The fraction of sp³-hybridized carbons (Fsp3) is 0.452. The van der Waals surface area contributed by atoms with Crippen LogP contribution in [0.15, 0.2) is 35.2 Å². The molecule has 0 atom stereocenters. The average molecular weight is 549 g/mol. The molecule has 1 aromatic heterocycles. The topological polar surface area (TPSA) is 88.7 Å². The van der Waals surface area contributed by atoms with E-state index < -0.39 is 15.4 Å². The number of hydrogen-bond donors (Lipinski definition) is 1. The highest BCUT2D eigenvalue weighted by Gasteiger charge is 2.42. The molecule has 0 radical (unpaired) electrons. The highest BCUT2D eigenvalue weighted by atomic mass is 32.2. The molecule has 0 saturated carbocycles. The second kappa shape index (κ2) is 10.5. The van der Waals surface area contributed by atoms with Crippen molar-refractivity contribution in [3.8, 4) is 18.1 Å². The van der Waals surface area contributed by atoms with Crippen molar-refractivity contribution in [2.24, 2.45) is 0 Å². The summed E-state index contributed by atoms with van der Waals surface area (Å²) in [6.45, 7) is 9.46. The van der Waals surface area contributed by atoms with Gasteiger partial charge in [0.05, 0.1) is 24.9 Å². The number of ketones is 1. The Kier molecular flexibility index (Phi) is 7.36. The van der Waals surface area contributed by atoms with Gasteiger partial charge >= 0.3 is 0 Å². The van der Waals surface area contributed by atoms with Crippen molar-refractivity contribution in [3.63, 3.8) is 0 Å². The normalized spacial score (nSPS) is 17.2. The molecule has 5 rings (SSSR count). The Morgan fingerprint density at radius 2 is 1.82 bits per heavy atom. The van der Waals surface area contributed by atoms with Gasteiger partial charge in [-0.1, -0.05) is 52.5 Å². The summed E-state index contributed by atoms with van der Waals surface area (Å²) in [6.07, 6.45) is 8.96. The number of aromatic nitrogens is 1. The summed E-state index contributed by atoms with van der Waals surface area (Å²) in [5.41, 5.74) is 3.37. The third kappa shape index (κ3) is 4.67. The first kappa shape index (κ1) is 27.4. The highest BCUT2D eigenvalue weighted by Crippen LogP contribution is 2.46. The van der Waals surface area contributed by atoms with E-state index in [0.29, 0.717) is 30.1 Å². The lowest BCUT2D eigenvalue weighted by Gasteiger charge is -2.34. The summed E-state index contributed by atoms with van der Waals surface area (Å²) in [4.78, 5) is 17.6. The monoisotopic (exact) mass is 548 g/mol. The van der Waals surface area contributed by atoms with Crippen LogP contribution in [0.1, 0.15) is 86.1 Å². The molecule has 1 aliphatic heterocycles. The van der Waals surface area contributed by atoms with E-state index in [9.17, 15) is 13.2 Å². The molecule has 0 spiro atoms. The molecule has 2 aliphatic rings. The van der Waals surface area contributed by atoms with Crippen LogP contribution in [-0.4, -0.2) is 55.9 Å². The lowest BCUT2D eigenvalue weighted by Crippen LogP contribution is -2.41. The summed E-state index contributed by atoms with van der Waals surface area (Å²) in [6, 6.07) is 8.89. The zero-order chi connectivity index (χ0) is 27.9. The Morgan fingerprint density at radius 3 is 2.46 bits per heavy atom. The molecular weight excluding hydrogens is 512 g/mol. The number of nitrogens with zero attached hydrogens (tertiary/aromatic N) is 1. The molecule has 0 unspecified atom stereocenters. The first-order chi connectivity index (χ1) is 18.6. The Morgan fingerprint density at radius 1 is 1.13 bits per heavy atom. The summed E-state index contributed by atoms with van der Waals surface area (Å²) >= 11 is 0. The van der Waals surface area contributed by atoms with Gasteiger partial charge < -0.3 is 14.5 Å². The molecule has 1 saturated heterocycles. The Labute approximate surface area is 230 Å². The largest absolute Gasteiger partial charge is 0.489 e. The zero-order valence-electron chi connectivity index (χ0n) is 23.1. The molecule has 206 valence electrons. The second-order valence-electron chi connectivity index (χ2n) is 10.9. The van der Waals surface area contributed by atoms with Gasteiger partial charge in [-0.2, -0.15) is 4.31 Å². The van der Waals surface area contributed by atoms with Crippen LogP contribution in [0.2, 0.25) is 0 Å². The van der Waals surface area contributed by atoms with Crippen molar-refractivity contribution < 1.29 is 22.7 Å².